The number of thioether (sulfide) groups is 1. The van der Waals surface area contributed by atoms with Crippen LogP contribution in [0.5, 0.6) is 0 Å². The third kappa shape index (κ3) is 4.43. The summed E-state index contributed by atoms with van der Waals surface area (Å²) in [5.74, 6) is 0.878. The highest BCUT2D eigenvalue weighted by Gasteiger charge is 2.14. The van der Waals surface area contributed by atoms with Crippen molar-refractivity contribution in [1.29, 1.82) is 0 Å². The minimum absolute atomic E-state index is 0.177. The van der Waals surface area contributed by atoms with Crippen molar-refractivity contribution in [3.05, 3.63) is 71.9 Å². The second kappa shape index (κ2) is 8.08. The van der Waals surface area contributed by atoms with Crippen LogP contribution in [-0.2, 0) is 12.3 Å². The van der Waals surface area contributed by atoms with Gasteiger partial charge in [-0.3, -0.25) is 4.90 Å². The largest absolute Gasteiger partial charge is 0.364 e. The van der Waals surface area contributed by atoms with E-state index in [2.05, 4.69) is 46.1 Å². The SMILES string of the molecule is C[C@H](c1ccon1)N(C)Cc1cnc(SCc2ccccc2)nc1. The summed E-state index contributed by atoms with van der Waals surface area (Å²) in [6.07, 6.45) is 5.39. The Morgan fingerprint density at radius 3 is 2.50 bits per heavy atom. The molecule has 0 aliphatic heterocycles. The molecular weight excluding hydrogens is 320 g/mol. The van der Waals surface area contributed by atoms with Crippen LogP contribution in [-0.4, -0.2) is 27.1 Å². The molecule has 0 saturated carbocycles. The predicted molar refractivity (Wildman–Crippen MR) is 94.4 cm³/mol. The Hall–Kier alpha value is -2.18. The van der Waals surface area contributed by atoms with Crippen molar-refractivity contribution in [2.45, 2.75) is 30.4 Å². The first-order valence-corrected chi connectivity index (χ1v) is 8.79. The monoisotopic (exact) mass is 340 g/mol. The predicted octanol–water partition coefficient (Wildman–Crippen LogP) is 3.95. The summed E-state index contributed by atoms with van der Waals surface area (Å²) in [5, 5.41) is 4.80. The highest BCUT2D eigenvalue weighted by molar-refractivity contribution is 7.98. The standard InChI is InChI=1S/C18H20N4OS/c1-14(17-8-9-23-21-17)22(2)12-16-10-19-18(20-11-16)24-13-15-6-4-3-5-7-15/h3-11,14H,12-13H2,1-2H3/t14-/m1/s1. The van der Waals surface area contributed by atoms with E-state index in [4.69, 9.17) is 4.52 Å². The molecule has 6 heteroatoms. The van der Waals surface area contributed by atoms with Gasteiger partial charge in [0.15, 0.2) is 5.16 Å². The van der Waals surface area contributed by atoms with E-state index in [1.54, 1.807) is 18.0 Å². The first-order chi connectivity index (χ1) is 11.7. The van der Waals surface area contributed by atoms with Crippen LogP contribution >= 0.6 is 11.8 Å². The number of rotatable bonds is 7. The summed E-state index contributed by atoms with van der Waals surface area (Å²) in [6, 6.07) is 12.4. The van der Waals surface area contributed by atoms with Crippen LogP contribution in [0.2, 0.25) is 0 Å². The summed E-state index contributed by atoms with van der Waals surface area (Å²) in [4.78, 5) is 11.1. The molecule has 3 aromatic rings. The van der Waals surface area contributed by atoms with Gasteiger partial charge in [-0.2, -0.15) is 0 Å². The van der Waals surface area contributed by atoms with E-state index in [1.807, 2.05) is 36.7 Å². The van der Waals surface area contributed by atoms with E-state index < -0.39 is 0 Å². The molecule has 1 atom stereocenters. The van der Waals surface area contributed by atoms with Crippen molar-refractivity contribution >= 4 is 11.8 Å². The second-order valence-electron chi connectivity index (χ2n) is 5.66. The molecular formula is C18H20N4OS. The normalized spacial score (nSPS) is 12.5. The second-order valence-corrected chi connectivity index (χ2v) is 6.61. The van der Waals surface area contributed by atoms with Crippen LogP contribution in [0.25, 0.3) is 0 Å². The maximum Gasteiger partial charge on any atom is 0.187 e. The van der Waals surface area contributed by atoms with Gasteiger partial charge >= 0.3 is 0 Å². The summed E-state index contributed by atoms with van der Waals surface area (Å²) in [7, 11) is 2.05. The maximum atomic E-state index is 4.91. The Labute approximate surface area is 146 Å². The lowest BCUT2D eigenvalue weighted by Gasteiger charge is -2.22. The molecule has 0 aliphatic carbocycles. The van der Waals surface area contributed by atoms with Crippen LogP contribution in [0.4, 0.5) is 0 Å². The van der Waals surface area contributed by atoms with Crippen molar-refractivity contribution in [3.8, 4) is 0 Å². The zero-order valence-corrected chi connectivity index (χ0v) is 14.6. The number of hydrogen-bond acceptors (Lipinski definition) is 6. The lowest BCUT2D eigenvalue weighted by Crippen LogP contribution is -2.22. The van der Waals surface area contributed by atoms with Crippen molar-refractivity contribution in [2.24, 2.45) is 0 Å². The molecule has 0 aliphatic rings. The molecule has 3 rings (SSSR count). The molecule has 0 saturated heterocycles. The van der Waals surface area contributed by atoms with Crippen LogP contribution in [0.3, 0.4) is 0 Å². The van der Waals surface area contributed by atoms with Gasteiger partial charge in [0.05, 0.1) is 6.04 Å². The minimum atomic E-state index is 0.177. The Balaban J connectivity index is 1.54. The minimum Gasteiger partial charge on any atom is -0.364 e. The van der Waals surface area contributed by atoms with Gasteiger partial charge in [-0.25, -0.2) is 9.97 Å². The van der Waals surface area contributed by atoms with E-state index >= 15 is 0 Å². The average molecular weight is 340 g/mol. The van der Waals surface area contributed by atoms with Crippen LogP contribution < -0.4 is 0 Å². The molecule has 124 valence electrons. The van der Waals surface area contributed by atoms with E-state index in [1.165, 1.54) is 5.56 Å². The fraction of sp³-hybridized carbons (Fsp3) is 0.278. The molecule has 24 heavy (non-hydrogen) atoms. The Morgan fingerprint density at radius 1 is 1.08 bits per heavy atom. The lowest BCUT2D eigenvalue weighted by molar-refractivity contribution is 0.240. The molecule has 0 amide bonds. The van der Waals surface area contributed by atoms with Gasteiger partial charge in [0, 0.05) is 36.3 Å². The maximum absolute atomic E-state index is 4.91. The highest BCUT2D eigenvalue weighted by atomic mass is 32.2. The number of benzene rings is 1. The average Bonchev–Trinajstić information content (AvgIpc) is 3.16. The van der Waals surface area contributed by atoms with Gasteiger partial charge in [0.25, 0.3) is 0 Å². The van der Waals surface area contributed by atoms with E-state index in [0.717, 1.165) is 28.7 Å². The third-order valence-electron chi connectivity index (χ3n) is 3.87. The third-order valence-corrected chi connectivity index (χ3v) is 4.82. The van der Waals surface area contributed by atoms with Crippen molar-refractivity contribution in [1.82, 2.24) is 20.0 Å². The van der Waals surface area contributed by atoms with Crippen molar-refractivity contribution < 1.29 is 4.52 Å². The molecule has 0 bridgehead atoms. The van der Waals surface area contributed by atoms with Crippen LogP contribution in [0.15, 0.2) is 64.7 Å². The molecule has 2 heterocycles. The molecule has 1 aromatic carbocycles. The van der Waals surface area contributed by atoms with Gasteiger partial charge in [-0.1, -0.05) is 47.3 Å². The summed E-state index contributed by atoms with van der Waals surface area (Å²) < 4.78 is 4.91. The van der Waals surface area contributed by atoms with E-state index in [-0.39, 0.29) is 6.04 Å². The fourth-order valence-corrected chi connectivity index (χ4v) is 3.05. The van der Waals surface area contributed by atoms with E-state index in [9.17, 15) is 0 Å². The van der Waals surface area contributed by atoms with Gasteiger partial charge in [-0.15, -0.1) is 0 Å². The van der Waals surface area contributed by atoms with E-state index in [0.29, 0.717) is 0 Å². The van der Waals surface area contributed by atoms with Gasteiger partial charge < -0.3 is 4.52 Å². The smallest absolute Gasteiger partial charge is 0.187 e. The number of aromatic nitrogens is 3. The Bertz CT molecular complexity index is 731. The number of nitrogens with zero attached hydrogens (tertiary/aromatic N) is 4. The van der Waals surface area contributed by atoms with Crippen molar-refractivity contribution in [2.75, 3.05) is 7.05 Å². The zero-order valence-electron chi connectivity index (χ0n) is 13.8. The van der Waals surface area contributed by atoms with Crippen molar-refractivity contribution in [3.63, 3.8) is 0 Å². The molecule has 5 nitrogen and oxygen atoms in total. The lowest BCUT2D eigenvalue weighted by atomic mass is 10.2. The van der Waals surface area contributed by atoms with Crippen LogP contribution in [0, 0.1) is 0 Å². The van der Waals surface area contributed by atoms with Crippen LogP contribution in [0.1, 0.15) is 29.8 Å². The quantitative estimate of drug-likeness (QED) is 0.479. The zero-order chi connectivity index (χ0) is 16.8. The summed E-state index contributed by atoms with van der Waals surface area (Å²) >= 11 is 1.65. The topological polar surface area (TPSA) is 55.1 Å². The number of hydrogen-bond donors (Lipinski definition) is 0. The van der Waals surface area contributed by atoms with Gasteiger partial charge in [-0.05, 0) is 19.5 Å². The molecule has 0 N–H and O–H groups in total. The summed E-state index contributed by atoms with van der Waals surface area (Å²) in [5.41, 5.74) is 3.28. The summed E-state index contributed by atoms with van der Waals surface area (Å²) in [6.45, 7) is 2.86. The molecule has 0 radical (unpaired) electrons. The highest BCUT2D eigenvalue weighted by Crippen LogP contribution is 2.21. The first-order valence-electron chi connectivity index (χ1n) is 7.80. The Kier molecular flexibility index (Phi) is 5.61. The molecule has 0 spiro atoms. The molecule has 0 unspecified atom stereocenters. The van der Waals surface area contributed by atoms with Gasteiger partial charge in [0.1, 0.15) is 12.0 Å². The molecule has 0 fully saturated rings. The fourth-order valence-electron chi connectivity index (χ4n) is 2.31. The first kappa shape index (κ1) is 16.7. The van der Waals surface area contributed by atoms with Gasteiger partial charge in [0.2, 0.25) is 0 Å². The molecule has 2 aromatic heterocycles. The Morgan fingerprint density at radius 2 is 1.83 bits per heavy atom.